The molecule has 28 heavy (non-hydrogen) atoms. The van der Waals surface area contributed by atoms with Crippen LogP contribution < -0.4 is 10.2 Å². The number of hydrogen-bond donors (Lipinski definition) is 1. The molecule has 0 spiro atoms. The van der Waals surface area contributed by atoms with E-state index in [1.807, 2.05) is 31.2 Å². The zero-order valence-corrected chi connectivity index (χ0v) is 16.0. The molecule has 0 saturated carbocycles. The topological polar surface area (TPSA) is 79.2 Å². The van der Waals surface area contributed by atoms with Crippen LogP contribution in [0.15, 0.2) is 48.8 Å². The first-order valence-electron chi connectivity index (χ1n) is 9.29. The van der Waals surface area contributed by atoms with Gasteiger partial charge in [0.25, 0.3) is 5.91 Å². The Hall–Kier alpha value is -3.26. The van der Waals surface area contributed by atoms with Crippen molar-refractivity contribution in [3.63, 3.8) is 0 Å². The molecule has 2 heterocycles. The Morgan fingerprint density at radius 3 is 2.43 bits per heavy atom. The highest BCUT2D eigenvalue weighted by Crippen LogP contribution is 2.20. The molecule has 8 heteroatoms. The van der Waals surface area contributed by atoms with Gasteiger partial charge in [-0.1, -0.05) is 0 Å². The zero-order chi connectivity index (χ0) is 19.5. The van der Waals surface area contributed by atoms with Crippen molar-refractivity contribution in [3.8, 4) is 5.69 Å². The molecule has 144 valence electrons. The minimum absolute atomic E-state index is 0.140. The van der Waals surface area contributed by atoms with Gasteiger partial charge in [0.2, 0.25) is 0 Å². The minimum atomic E-state index is -0.140. The van der Waals surface area contributed by atoms with Gasteiger partial charge >= 0.3 is 0 Å². The van der Waals surface area contributed by atoms with Crippen LogP contribution in [0.25, 0.3) is 5.69 Å². The Balaban J connectivity index is 1.43. The van der Waals surface area contributed by atoms with E-state index in [2.05, 4.69) is 49.8 Å². The highest BCUT2D eigenvalue weighted by Gasteiger charge is 2.14. The highest BCUT2D eigenvalue weighted by molar-refractivity contribution is 6.04. The fourth-order valence-electron chi connectivity index (χ4n) is 3.35. The van der Waals surface area contributed by atoms with Gasteiger partial charge in [-0.05, 0) is 72.4 Å². The molecule has 0 atom stereocenters. The number of tetrazole rings is 1. The van der Waals surface area contributed by atoms with Crippen LogP contribution >= 0.6 is 0 Å². The number of carbonyl (C=O) groups is 1. The first-order valence-corrected chi connectivity index (χ1v) is 9.29. The molecule has 1 fully saturated rings. The molecule has 0 bridgehead atoms. The zero-order valence-electron chi connectivity index (χ0n) is 16.0. The monoisotopic (exact) mass is 377 g/mol. The summed E-state index contributed by atoms with van der Waals surface area (Å²) in [6.07, 6.45) is 1.53. The van der Waals surface area contributed by atoms with Gasteiger partial charge < -0.3 is 15.1 Å². The fraction of sp³-hybridized carbons (Fsp3) is 0.300. The number of benzene rings is 2. The van der Waals surface area contributed by atoms with Gasteiger partial charge in [-0.15, -0.1) is 5.10 Å². The summed E-state index contributed by atoms with van der Waals surface area (Å²) in [5.74, 6) is -0.140. The molecule has 0 aliphatic carbocycles. The van der Waals surface area contributed by atoms with Gasteiger partial charge in [0.1, 0.15) is 6.33 Å². The lowest BCUT2D eigenvalue weighted by Crippen LogP contribution is -2.44. The van der Waals surface area contributed by atoms with Gasteiger partial charge in [-0.2, -0.15) is 0 Å². The average Bonchev–Trinajstić information content (AvgIpc) is 3.23. The number of nitrogens with zero attached hydrogens (tertiary/aromatic N) is 6. The number of rotatable bonds is 4. The van der Waals surface area contributed by atoms with Crippen molar-refractivity contribution >= 4 is 17.3 Å². The van der Waals surface area contributed by atoms with Crippen molar-refractivity contribution in [1.82, 2.24) is 25.1 Å². The maximum atomic E-state index is 12.6. The first kappa shape index (κ1) is 18.1. The third kappa shape index (κ3) is 3.86. The normalized spacial score (nSPS) is 14.9. The van der Waals surface area contributed by atoms with Crippen LogP contribution in [0.5, 0.6) is 0 Å². The maximum Gasteiger partial charge on any atom is 0.255 e. The number of hydrogen-bond acceptors (Lipinski definition) is 6. The summed E-state index contributed by atoms with van der Waals surface area (Å²) in [5, 5.41) is 14.1. The smallest absolute Gasteiger partial charge is 0.255 e. The van der Waals surface area contributed by atoms with Crippen molar-refractivity contribution in [2.24, 2.45) is 0 Å². The van der Waals surface area contributed by atoms with Gasteiger partial charge in [-0.3, -0.25) is 4.79 Å². The summed E-state index contributed by atoms with van der Waals surface area (Å²) < 4.78 is 1.58. The lowest BCUT2D eigenvalue weighted by Gasteiger charge is -2.34. The maximum absolute atomic E-state index is 12.6. The Bertz CT molecular complexity index is 945. The Kier molecular flexibility index (Phi) is 5.03. The SMILES string of the molecule is Cc1cc(C(=O)Nc2ccc(N3CCN(C)CC3)cc2)ccc1-n1cnnn1. The highest BCUT2D eigenvalue weighted by atomic mass is 16.1. The minimum Gasteiger partial charge on any atom is -0.369 e. The summed E-state index contributed by atoms with van der Waals surface area (Å²) >= 11 is 0. The summed E-state index contributed by atoms with van der Waals surface area (Å²) in [5.41, 5.74) is 4.33. The summed E-state index contributed by atoms with van der Waals surface area (Å²) in [4.78, 5) is 17.3. The van der Waals surface area contributed by atoms with Crippen molar-refractivity contribution in [3.05, 3.63) is 59.9 Å². The molecule has 1 N–H and O–H groups in total. The largest absolute Gasteiger partial charge is 0.369 e. The molecule has 1 aromatic heterocycles. The second-order valence-corrected chi connectivity index (χ2v) is 7.05. The number of amides is 1. The molecule has 4 rings (SSSR count). The molecule has 0 unspecified atom stereocenters. The van der Waals surface area contributed by atoms with Crippen molar-refractivity contribution in [2.45, 2.75) is 6.92 Å². The molecular weight excluding hydrogens is 354 g/mol. The van der Waals surface area contributed by atoms with Gasteiger partial charge in [0.15, 0.2) is 0 Å². The Morgan fingerprint density at radius 1 is 1.04 bits per heavy atom. The van der Waals surface area contributed by atoms with E-state index in [4.69, 9.17) is 0 Å². The second kappa shape index (κ2) is 7.77. The van der Waals surface area contributed by atoms with Crippen LogP contribution in [0.2, 0.25) is 0 Å². The van der Waals surface area contributed by atoms with E-state index in [1.165, 1.54) is 12.0 Å². The van der Waals surface area contributed by atoms with E-state index in [9.17, 15) is 4.79 Å². The number of piperazine rings is 1. The number of aryl methyl sites for hydroxylation is 1. The predicted octanol–water partition coefficient (Wildman–Crippen LogP) is 1.97. The number of anilines is 2. The van der Waals surface area contributed by atoms with Gasteiger partial charge in [0.05, 0.1) is 5.69 Å². The quantitative estimate of drug-likeness (QED) is 0.749. The number of likely N-dealkylation sites (N-methyl/N-ethyl adjacent to an activating group) is 1. The fourth-order valence-corrected chi connectivity index (χ4v) is 3.35. The molecule has 3 aromatic rings. The summed E-state index contributed by atoms with van der Waals surface area (Å²) in [7, 11) is 2.15. The summed E-state index contributed by atoms with van der Waals surface area (Å²) in [6, 6.07) is 13.5. The van der Waals surface area contributed by atoms with E-state index in [-0.39, 0.29) is 5.91 Å². The Morgan fingerprint density at radius 2 is 1.79 bits per heavy atom. The van der Waals surface area contributed by atoms with Crippen LogP contribution in [0.4, 0.5) is 11.4 Å². The molecular formula is C20H23N7O. The van der Waals surface area contributed by atoms with Crippen LogP contribution in [0, 0.1) is 6.92 Å². The van der Waals surface area contributed by atoms with Crippen LogP contribution in [-0.4, -0.2) is 64.2 Å². The molecule has 1 saturated heterocycles. The number of nitrogens with one attached hydrogen (secondary N) is 1. The lowest BCUT2D eigenvalue weighted by atomic mass is 10.1. The van der Waals surface area contributed by atoms with Crippen molar-refractivity contribution in [1.29, 1.82) is 0 Å². The van der Waals surface area contributed by atoms with E-state index in [0.29, 0.717) is 5.56 Å². The van der Waals surface area contributed by atoms with E-state index in [0.717, 1.165) is 43.1 Å². The second-order valence-electron chi connectivity index (χ2n) is 7.05. The standard InChI is InChI=1S/C20H23N7O/c1-15-13-16(3-8-19(15)27-14-21-23-24-27)20(28)22-17-4-6-18(7-5-17)26-11-9-25(2)10-12-26/h3-8,13-14H,9-12H2,1-2H3,(H,22,28). The van der Waals surface area contributed by atoms with Crippen molar-refractivity contribution in [2.75, 3.05) is 43.4 Å². The number of carbonyl (C=O) groups excluding carboxylic acids is 1. The average molecular weight is 377 g/mol. The van der Waals surface area contributed by atoms with E-state index in [1.54, 1.807) is 10.7 Å². The lowest BCUT2D eigenvalue weighted by molar-refractivity contribution is 0.102. The van der Waals surface area contributed by atoms with Crippen LogP contribution in [0.3, 0.4) is 0 Å². The molecule has 2 aromatic carbocycles. The predicted molar refractivity (Wildman–Crippen MR) is 108 cm³/mol. The third-order valence-electron chi connectivity index (χ3n) is 5.05. The Labute approximate surface area is 163 Å². The van der Waals surface area contributed by atoms with Crippen LogP contribution in [-0.2, 0) is 0 Å². The molecule has 1 aliphatic heterocycles. The molecule has 0 radical (unpaired) electrons. The van der Waals surface area contributed by atoms with Gasteiger partial charge in [0, 0.05) is 43.1 Å². The summed E-state index contributed by atoms with van der Waals surface area (Å²) in [6.45, 7) is 6.11. The van der Waals surface area contributed by atoms with E-state index >= 15 is 0 Å². The van der Waals surface area contributed by atoms with E-state index < -0.39 is 0 Å². The first-order chi connectivity index (χ1) is 13.6. The molecule has 1 aliphatic rings. The number of aromatic nitrogens is 4. The van der Waals surface area contributed by atoms with Gasteiger partial charge in [-0.25, -0.2) is 4.68 Å². The third-order valence-corrected chi connectivity index (χ3v) is 5.05. The van der Waals surface area contributed by atoms with Crippen LogP contribution in [0.1, 0.15) is 15.9 Å². The molecule has 8 nitrogen and oxygen atoms in total. The van der Waals surface area contributed by atoms with Crippen molar-refractivity contribution < 1.29 is 4.79 Å². The molecule has 1 amide bonds.